The summed E-state index contributed by atoms with van der Waals surface area (Å²) in [6.07, 6.45) is 0. The van der Waals surface area contributed by atoms with E-state index in [4.69, 9.17) is 32.5 Å². The van der Waals surface area contributed by atoms with Gasteiger partial charge in [-0.2, -0.15) is 0 Å². The molecule has 3 rings (SSSR count). The van der Waals surface area contributed by atoms with Crippen LogP contribution in [-0.4, -0.2) is 36.6 Å². The number of benzene rings is 3. The van der Waals surface area contributed by atoms with E-state index < -0.39 is 6.04 Å². The topological polar surface area (TPSA) is 93.8 Å². The van der Waals surface area contributed by atoms with Crippen molar-refractivity contribution in [3.8, 4) is 11.5 Å². The number of aliphatic hydroxyl groups is 1. The van der Waals surface area contributed by atoms with E-state index in [9.17, 15) is 4.79 Å². The zero-order valence-electron chi connectivity index (χ0n) is 19.2. The third-order valence-electron chi connectivity index (χ3n) is 5.22. The fourth-order valence-corrected chi connectivity index (χ4v) is 3.67. The summed E-state index contributed by atoms with van der Waals surface area (Å²) in [4.78, 5) is 13.8. The van der Waals surface area contributed by atoms with Crippen molar-refractivity contribution in [3.05, 3.63) is 95.1 Å². The molecular formula is C27H28N2O4S. The highest BCUT2D eigenvalue weighted by atomic mass is 32.1. The number of aryl methyl sites for hydroxylation is 1. The third-order valence-corrected chi connectivity index (χ3v) is 5.45. The van der Waals surface area contributed by atoms with E-state index in [1.807, 2.05) is 61.5 Å². The minimum Gasteiger partial charge on any atom is -0.497 e. The van der Waals surface area contributed by atoms with Crippen molar-refractivity contribution >= 4 is 34.8 Å². The maximum Gasteiger partial charge on any atom is 0.192 e. The average molecular weight is 477 g/mol. The largest absolute Gasteiger partial charge is 0.497 e. The summed E-state index contributed by atoms with van der Waals surface area (Å²) in [5, 5.41) is 13.7. The van der Waals surface area contributed by atoms with Gasteiger partial charge in [0.05, 0.1) is 25.0 Å². The van der Waals surface area contributed by atoms with Gasteiger partial charge in [0.25, 0.3) is 0 Å². The lowest BCUT2D eigenvalue weighted by Crippen LogP contribution is -2.25. The first-order valence-corrected chi connectivity index (χ1v) is 11.2. The van der Waals surface area contributed by atoms with E-state index in [0.717, 1.165) is 16.7 Å². The second-order valence-electron chi connectivity index (χ2n) is 7.63. The van der Waals surface area contributed by atoms with Gasteiger partial charge in [0, 0.05) is 29.3 Å². The molecule has 3 aromatic rings. The molecule has 0 bridgehead atoms. The molecule has 0 spiro atoms. The molecule has 4 N–H and O–H groups in total. The second-order valence-corrected chi connectivity index (χ2v) is 7.87. The van der Waals surface area contributed by atoms with Crippen LogP contribution in [0.3, 0.4) is 0 Å². The molecule has 1 atom stereocenters. The van der Waals surface area contributed by atoms with Crippen molar-refractivity contribution in [2.75, 3.05) is 25.6 Å². The zero-order chi connectivity index (χ0) is 24.5. The Bertz CT molecular complexity index is 1160. The SMILES string of the molecule is COc1cc(NC(C(=O)C(C=S)=C(N)c2ccccc2)c2ccc(C)cc2)cc(OCCO)c1. The van der Waals surface area contributed by atoms with Crippen LogP contribution < -0.4 is 20.5 Å². The predicted octanol–water partition coefficient (Wildman–Crippen LogP) is 4.47. The average Bonchev–Trinajstić information content (AvgIpc) is 2.87. The maximum absolute atomic E-state index is 13.8. The molecule has 6 nitrogen and oxygen atoms in total. The molecule has 0 aliphatic heterocycles. The van der Waals surface area contributed by atoms with Crippen LogP contribution in [0.1, 0.15) is 22.7 Å². The monoisotopic (exact) mass is 476 g/mol. The van der Waals surface area contributed by atoms with Crippen LogP contribution in [0.25, 0.3) is 5.70 Å². The van der Waals surface area contributed by atoms with E-state index >= 15 is 0 Å². The Morgan fingerprint density at radius 1 is 1.09 bits per heavy atom. The second kappa shape index (κ2) is 12.0. The number of ether oxygens (including phenoxy) is 2. The van der Waals surface area contributed by atoms with Crippen molar-refractivity contribution in [1.29, 1.82) is 0 Å². The molecule has 1 unspecified atom stereocenters. The van der Waals surface area contributed by atoms with E-state index in [1.54, 1.807) is 25.3 Å². The lowest BCUT2D eigenvalue weighted by Gasteiger charge is -2.22. The maximum atomic E-state index is 13.8. The van der Waals surface area contributed by atoms with Crippen LogP contribution in [0.4, 0.5) is 5.69 Å². The number of nitrogens with two attached hydrogens (primary N) is 1. The van der Waals surface area contributed by atoms with Gasteiger partial charge in [-0.15, -0.1) is 0 Å². The molecule has 0 radical (unpaired) electrons. The molecule has 0 heterocycles. The summed E-state index contributed by atoms with van der Waals surface area (Å²) in [6, 6.07) is 21.4. The summed E-state index contributed by atoms with van der Waals surface area (Å²) in [5.41, 5.74) is 10.1. The Balaban J connectivity index is 2.05. The Morgan fingerprint density at radius 2 is 1.76 bits per heavy atom. The number of carbonyl (C=O) groups is 1. The summed E-state index contributed by atoms with van der Waals surface area (Å²) >= 11 is 5.21. The van der Waals surface area contributed by atoms with Gasteiger partial charge < -0.3 is 25.6 Å². The molecule has 0 aliphatic rings. The predicted molar refractivity (Wildman–Crippen MR) is 139 cm³/mol. The fraction of sp³-hybridized carbons (Fsp3) is 0.185. The highest BCUT2D eigenvalue weighted by molar-refractivity contribution is 7.79. The van der Waals surface area contributed by atoms with Crippen LogP contribution in [0.2, 0.25) is 0 Å². The number of carbonyl (C=O) groups excluding carboxylic acids is 1. The van der Waals surface area contributed by atoms with Gasteiger partial charge in [-0.25, -0.2) is 0 Å². The highest BCUT2D eigenvalue weighted by Gasteiger charge is 2.25. The van der Waals surface area contributed by atoms with Crippen LogP contribution in [0, 0.1) is 6.92 Å². The quantitative estimate of drug-likeness (QED) is 0.278. The van der Waals surface area contributed by atoms with E-state index in [0.29, 0.717) is 22.9 Å². The number of ketones is 1. The summed E-state index contributed by atoms with van der Waals surface area (Å²) < 4.78 is 10.9. The van der Waals surface area contributed by atoms with Crippen molar-refractivity contribution < 1.29 is 19.4 Å². The van der Waals surface area contributed by atoms with Crippen molar-refractivity contribution in [2.24, 2.45) is 5.73 Å². The number of hydrogen-bond donors (Lipinski definition) is 3. The lowest BCUT2D eigenvalue weighted by molar-refractivity contribution is -0.115. The Hall–Kier alpha value is -3.68. The standard InChI is InChI=1S/C27H28N2O4S/c1-18-8-10-20(11-9-18)26(27(31)24(17-34)25(28)19-6-4-3-5-7-19)29-21-14-22(32-2)16-23(15-21)33-13-12-30/h3-11,14-17,26,29-30H,12-13,28H2,1-2H3. The van der Waals surface area contributed by atoms with E-state index in [-0.39, 0.29) is 24.6 Å². The molecule has 3 aromatic carbocycles. The number of anilines is 1. The minimum absolute atomic E-state index is 0.119. The first-order chi connectivity index (χ1) is 16.5. The Kier molecular flexibility index (Phi) is 8.79. The number of aliphatic hydroxyl groups excluding tert-OH is 1. The number of thiocarbonyl (C=S) groups is 1. The minimum atomic E-state index is -0.769. The molecule has 7 heteroatoms. The summed E-state index contributed by atoms with van der Waals surface area (Å²) in [5.74, 6) is 0.781. The molecule has 0 fully saturated rings. The van der Waals surface area contributed by atoms with Crippen LogP contribution in [0.5, 0.6) is 11.5 Å². The van der Waals surface area contributed by atoms with Crippen LogP contribution >= 0.6 is 12.2 Å². The van der Waals surface area contributed by atoms with Gasteiger partial charge in [-0.1, -0.05) is 72.4 Å². The van der Waals surface area contributed by atoms with Crippen LogP contribution in [0.15, 0.2) is 78.4 Å². The van der Waals surface area contributed by atoms with Gasteiger partial charge in [-0.05, 0) is 18.1 Å². The van der Waals surface area contributed by atoms with E-state index in [2.05, 4.69) is 5.32 Å². The fourth-order valence-electron chi connectivity index (χ4n) is 3.43. The highest BCUT2D eigenvalue weighted by Crippen LogP contribution is 2.31. The van der Waals surface area contributed by atoms with Crippen molar-refractivity contribution in [1.82, 2.24) is 0 Å². The third kappa shape index (κ3) is 6.21. The molecule has 0 saturated carbocycles. The van der Waals surface area contributed by atoms with E-state index in [1.165, 1.54) is 5.37 Å². The molecule has 0 amide bonds. The van der Waals surface area contributed by atoms with Gasteiger partial charge in [0.2, 0.25) is 0 Å². The van der Waals surface area contributed by atoms with Gasteiger partial charge in [-0.3, -0.25) is 4.79 Å². The first kappa shape index (κ1) is 25.0. The molecule has 0 aliphatic carbocycles. The summed E-state index contributed by atoms with van der Waals surface area (Å²) in [6.45, 7) is 2.00. The Morgan fingerprint density at radius 3 is 2.38 bits per heavy atom. The van der Waals surface area contributed by atoms with Gasteiger partial charge >= 0.3 is 0 Å². The summed E-state index contributed by atoms with van der Waals surface area (Å²) in [7, 11) is 1.55. The molecule has 34 heavy (non-hydrogen) atoms. The number of Topliss-reactive ketones (excluding diaryl/α,β-unsaturated/α-hetero) is 1. The van der Waals surface area contributed by atoms with Crippen LogP contribution in [-0.2, 0) is 4.79 Å². The van der Waals surface area contributed by atoms with Gasteiger partial charge in [0.15, 0.2) is 5.78 Å². The smallest absolute Gasteiger partial charge is 0.192 e. The van der Waals surface area contributed by atoms with Crippen molar-refractivity contribution in [2.45, 2.75) is 13.0 Å². The number of methoxy groups -OCH3 is 1. The van der Waals surface area contributed by atoms with Crippen molar-refractivity contribution in [3.63, 3.8) is 0 Å². The Labute approximate surface area is 205 Å². The number of hydrogen-bond acceptors (Lipinski definition) is 7. The molecule has 0 saturated heterocycles. The molecule has 0 aromatic heterocycles. The molecular weight excluding hydrogens is 448 g/mol. The number of nitrogens with one attached hydrogen (secondary N) is 1. The lowest BCUT2D eigenvalue weighted by atomic mass is 9.94. The molecule has 176 valence electrons. The zero-order valence-corrected chi connectivity index (χ0v) is 20.0. The first-order valence-electron chi connectivity index (χ1n) is 10.8. The number of rotatable bonds is 11. The normalized spacial score (nSPS) is 12.3. The van der Waals surface area contributed by atoms with Gasteiger partial charge in [0.1, 0.15) is 24.1 Å².